The third-order valence-electron chi connectivity index (χ3n) is 2.13. The minimum absolute atomic E-state index is 0.158. The predicted octanol–water partition coefficient (Wildman–Crippen LogP) is 2.16. The summed E-state index contributed by atoms with van der Waals surface area (Å²) in [6.07, 6.45) is 3.60. The van der Waals surface area contributed by atoms with Crippen LogP contribution in [0.2, 0.25) is 0 Å². The van der Waals surface area contributed by atoms with E-state index in [2.05, 4.69) is 10.2 Å². The average molecular weight is 218 g/mol. The van der Waals surface area contributed by atoms with Crippen molar-refractivity contribution in [3.05, 3.63) is 46.9 Å². The first-order valence-corrected chi connectivity index (χ1v) is 5.72. The Hall–Kier alpha value is -1.55. The molecular formula is C11H10N2OS. The lowest BCUT2D eigenvalue weighted by atomic mass is 10.1. The van der Waals surface area contributed by atoms with Gasteiger partial charge < -0.3 is 0 Å². The van der Waals surface area contributed by atoms with Crippen LogP contribution in [0.1, 0.15) is 0 Å². The lowest BCUT2D eigenvalue weighted by Gasteiger charge is -2.00. The molecule has 0 amide bonds. The molecule has 15 heavy (non-hydrogen) atoms. The molecule has 3 nitrogen and oxygen atoms in total. The molecule has 0 saturated carbocycles. The van der Waals surface area contributed by atoms with Crippen LogP contribution < -0.4 is 5.56 Å². The highest BCUT2D eigenvalue weighted by Gasteiger charge is 2.01. The van der Waals surface area contributed by atoms with Crippen LogP contribution in [0.15, 0.2) is 46.2 Å². The zero-order valence-electron chi connectivity index (χ0n) is 8.23. The van der Waals surface area contributed by atoms with Crippen molar-refractivity contribution in [3.8, 4) is 11.1 Å². The Morgan fingerprint density at radius 1 is 1.20 bits per heavy atom. The summed E-state index contributed by atoms with van der Waals surface area (Å²) in [6, 6.07) is 9.60. The topological polar surface area (TPSA) is 45.8 Å². The molecule has 1 aromatic heterocycles. The van der Waals surface area contributed by atoms with Crippen molar-refractivity contribution < 1.29 is 0 Å². The molecule has 0 spiro atoms. The Bertz CT molecular complexity index is 504. The second kappa shape index (κ2) is 4.31. The molecule has 0 unspecified atom stereocenters. The van der Waals surface area contributed by atoms with E-state index in [4.69, 9.17) is 0 Å². The van der Waals surface area contributed by atoms with Crippen molar-refractivity contribution in [3.63, 3.8) is 0 Å². The van der Waals surface area contributed by atoms with Crippen LogP contribution in [-0.2, 0) is 0 Å². The lowest BCUT2D eigenvalue weighted by molar-refractivity contribution is 0.991. The minimum atomic E-state index is -0.158. The van der Waals surface area contributed by atoms with Gasteiger partial charge in [-0.2, -0.15) is 5.10 Å². The van der Waals surface area contributed by atoms with Gasteiger partial charge in [-0.3, -0.25) is 4.79 Å². The number of benzene rings is 1. The largest absolute Gasteiger partial charge is 0.272 e. The summed E-state index contributed by atoms with van der Waals surface area (Å²) in [6.45, 7) is 0. The van der Waals surface area contributed by atoms with Crippen LogP contribution in [0.4, 0.5) is 0 Å². The van der Waals surface area contributed by atoms with Crippen LogP contribution in [0.3, 0.4) is 0 Å². The van der Waals surface area contributed by atoms with E-state index < -0.39 is 0 Å². The van der Waals surface area contributed by atoms with Gasteiger partial charge in [-0.15, -0.1) is 11.8 Å². The fraction of sp³-hybridized carbons (Fsp3) is 0.0909. The molecule has 0 aliphatic heterocycles. The maximum Gasteiger partial charge on any atom is 0.272 e. The summed E-state index contributed by atoms with van der Waals surface area (Å²) in [5, 5.41) is 6.08. The fourth-order valence-corrected chi connectivity index (χ4v) is 1.75. The average Bonchev–Trinajstić information content (AvgIpc) is 2.30. The Balaban J connectivity index is 2.46. The number of thioether (sulfide) groups is 1. The maximum absolute atomic E-state index is 11.5. The summed E-state index contributed by atoms with van der Waals surface area (Å²) >= 11 is 1.68. The zero-order chi connectivity index (χ0) is 10.7. The number of hydrogen-bond donors (Lipinski definition) is 1. The van der Waals surface area contributed by atoms with Gasteiger partial charge in [0.25, 0.3) is 5.56 Å². The molecule has 4 heteroatoms. The number of aromatic amines is 1. The van der Waals surface area contributed by atoms with Crippen LogP contribution in [0, 0.1) is 0 Å². The van der Waals surface area contributed by atoms with E-state index in [0.29, 0.717) is 5.56 Å². The van der Waals surface area contributed by atoms with Crippen LogP contribution >= 0.6 is 11.8 Å². The highest BCUT2D eigenvalue weighted by Crippen LogP contribution is 2.19. The standard InChI is InChI=1S/C11H10N2OS/c1-15-9-4-2-8(3-5-9)10-6-7-12-13-11(10)14/h2-7H,1H3,(H,13,14). The van der Waals surface area contributed by atoms with Crippen molar-refractivity contribution in [2.24, 2.45) is 0 Å². The monoisotopic (exact) mass is 218 g/mol. The van der Waals surface area contributed by atoms with Crippen molar-refractivity contribution >= 4 is 11.8 Å². The number of H-pyrrole nitrogens is 1. The highest BCUT2D eigenvalue weighted by atomic mass is 32.2. The predicted molar refractivity (Wildman–Crippen MR) is 62.1 cm³/mol. The molecule has 0 aliphatic carbocycles. The Labute approximate surface area is 91.5 Å². The van der Waals surface area contributed by atoms with Gasteiger partial charge in [0.2, 0.25) is 0 Å². The summed E-state index contributed by atoms with van der Waals surface area (Å²) in [4.78, 5) is 12.6. The normalized spacial score (nSPS) is 10.2. The molecule has 2 rings (SSSR count). The number of nitrogens with zero attached hydrogens (tertiary/aromatic N) is 1. The van der Waals surface area contributed by atoms with Crippen molar-refractivity contribution in [1.29, 1.82) is 0 Å². The smallest absolute Gasteiger partial charge is 0.267 e. The SMILES string of the molecule is CSc1ccc(-c2ccn[nH]c2=O)cc1. The highest BCUT2D eigenvalue weighted by molar-refractivity contribution is 7.98. The summed E-state index contributed by atoms with van der Waals surface area (Å²) in [5.74, 6) is 0. The molecule has 1 N–H and O–H groups in total. The first-order chi connectivity index (χ1) is 7.31. The molecule has 0 radical (unpaired) electrons. The molecule has 1 aromatic carbocycles. The quantitative estimate of drug-likeness (QED) is 0.786. The second-order valence-electron chi connectivity index (χ2n) is 3.03. The van der Waals surface area contributed by atoms with Crippen LogP contribution in [0.5, 0.6) is 0 Å². The summed E-state index contributed by atoms with van der Waals surface area (Å²) in [7, 11) is 0. The summed E-state index contributed by atoms with van der Waals surface area (Å²) in [5.41, 5.74) is 1.41. The van der Waals surface area contributed by atoms with Gasteiger partial charge >= 0.3 is 0 Å². The number of nitrogens with one attached hydrogen (secondary N) is 1. The van der Waals surface area contributed by atoms with Crippen LogP contribution in [-0.4, -0.2) is 16.5 Å². The van der Waals surface area contributed by atoms with E-state index in [-0.39, 0.29) is 5.56 Å². The van der Waals surface area contributed by atoms with Crippen molar-refractivity contribution in [1.82, 2.24) is 10.2 Å². The molecule has 1 heterocycles. The molecule has 0 fully saturated rings. The Kier molecular flexibility index (Phi) is 2.87. The van der Waals surface area contributed by atoms with Gasteiger partial charge in [0.1, 0.15) is 0 Å². The Morgan fingerprint density at radius 2 is 1.93 bits per heavy atom. The zero-order valence-corrected chi connectivity index (χ0v) is 9.04. The molecule has 0 saturated heterocycles. The molecule has 76 valence electrons. The fourth-order valence-electron chi connectivity index (χ4n) is 1.34. The van der Waals surface area contributed by atoms with Gasteiger partial charge in [0.15, 0.2) is 0 Å². The van der Waals surface area contributed by atoms with E-state index in [0.717, 1.165) is 5.56 Å². The van der Waals surface area contributed by atoms with Gasteiger partial charge in [0, 0.05) is 16.7 Å². The van der Waals surface area contributed by atoms with E-state index in [1.54, 1.807) is 24.0 Å². The first-order valence-electron chi connectivity index (χ1n) is 4.49. The van der Waals surface area contributed by atoms with Gasteiger partial charge in [-0.05, 0) is 30.0 Å². The number of hydrogen-bond acceptors (Lipinski definition) is 3. The van der Waals surface area contributed by atoms with E-state index >= 15 is 0 Å². The molecule has 2 aromatic rings. The second-order valence-corrected chi connectivity index (χ2v) is 3.91. The van der Waals surface area contributed by atoms with Gasteiger partial charge in [-0.1, -0.05) is 12.1 Å². The third kappa shape index (κ3) is 2.10. The summed E-state index contributed by atoms with van der Waals surface area (Å²) < 4.78 is 0. The van der Waals surface area contributed by atoms with Crippen molar-refractivity contribution in [2.45, 2.75) is 4.90 Å². The third-order valence-corrected chi connectivity index (χ3v) is 2.87. The number of rotatable bonds is 2. The Morgan fingerprint density at radius 3 is 2.53 bits per heavy atom. The molecule has 0 aliphatic rings. The van der Waals surface area contributed by atoms with Crippen LogP contribution in [0.25, 0.3) is 11.1 Å². The number of aromatic nitrogens is 2. The molecule has 0 atom stereocenters. The molecule has 0 bridgehead atoms. The van der Waals surface area contributed by atoms with Gasteiger partial charge in [0.05, 0.1) is 0 Å². The van der Waals surface area contributed by atoms with E-state index in [1.165, 1.54) is 4.90 Å². The lowest BCUT2D eigenvalue weighted by Crippen LogP contribution is -2.09. The first kappa shape index (κ1) is 9.98. The maximum atomic E-state index is 11.5. The van der Waals surface area contributed by atoms with E-state index in [9.17, 15) is 4.79 Å². The minimum Gasteiger partial charge on any atom is -0.267 e. The van der Waals surface area contributed by atoms with Crippen molar-refractivity contribution in [2.75, 3.05) is 6.26 Å². The molecular weight excluding hydrogens is 208 g/mol. The van der Waals surface area contributed by atoms with Gasteiger partial charge in [-0.25, -0.2) is 5.10 Å². The van der Waals surface area contributed by atoms with E-state index in [1.807, 2.05) is 30.5 Å².